The zero-order chi connectivity index (χ0) is 24.4. The number of amides is 1. The molecule has 6 atom stereocenters. The van der Waals surface area contributed by atoms with Crippen LogP contribution < -0.4 is 5.56 Å². The van der Waals surface area contributed by atoms with E-state index in [1.165, 1.54) is 41.5 Å². The molecule has 6 aliphatic rings. The largest absolute Gasteiger partial charge is 0.508 e. The fourth-order valence-electron chi connectivity index (χ4n) is 10.1. The van der Waals surface area contributed by atoms with E-state index >= 15 is 0 Å². The van der Waals surface area contributed by atoms with Gasteiger partial charge in [-0.25, -0.2) is 0 Å². The molecule has 2 saturated heterocycles. The van der Waals surface area contributed by atoms with E-state index in [9.17, 15) is 14.7 Å². The molecule has 5 fully saturated rings. The maximum Gasteiger partial charge on any atom is 0.263 e. The number of phenols is 1. The Bertz CT molecular complexity index is 1350. The van der Waals surface area contributed by atoms with Crippen LogP contribution in [0.4, 0.5) is 0 Å². The van der Waals surface area contributed by atoms with Crippen LogP contribution in [-0.2, 0) is 18.9 Å². The molecule has 3 saturated carbocycles. The number of rotatable bonds is 3. The highest BCUT2D eigenvalue weighted by Crippen LogP contribution is 2.75. The smallest absolute Gasteiger partial charge is 0.263 e. The minimum absolute atomic E-state index is 0.0221. The summed E-state index contributed by atoms with van der Waals surface area (Å²) in [4.78, 5) is 31.6. The van der Waals surface area contributed by atoms with Gasteiger partial charge in [-0.15, -0.1) is 0 Å². The highest BCUT2D eigenvalue weighted by molar-refractivity contribution is 5.94. The first-order valence-corrected chi connectivity index (χ1v) is 14.0. The topological polar surface area (TPSA) is 65.8 Å². The van der Waals surface area contributed by atoms with Crippen molar-refractivity contribution in [3.05, 3.63) is 63.6 Å². The standard InChI is InChI=1S/C30H35N3O3/c1-31-11-2-3-22(27(31)35)28(36)33-17-20-15-29-9-8-24(33)26(20)30(29)10-12-32(16-18-4-5-18)25(29)13-19-6-7-21(34)14-23(19)30/h2-3,6-7,11,14,18,20,24-26,34H,4-5,8-10,12-13,15-17H2,1H3/t20-,24?,25-,26?,29?,30?/m1/s1. The number of nitrogens with zero attached hydrogens (tertiary/aromatic N) is 3. The number of carbonyl (C=O) groups is 1. The summed E-state index contributed by atoms with van der Waals surface area (Å²) in [6, 6.07) is 10.4. The van der Waals surface area contributed by atoms with Crippen molar-refractivity contribution in [3.8, 4) is 5.75 Å². The molecule has 36 heavy (non-hydrogen) atoms. The van der Waals surface area contributed by atoms with E-state index in [1.54, 1.807) is 25.4 Å². The maximum atomic E-state index is 13.8. The van der Waals surface area contributed by atoms with Crippen LogP contribution in [0.1, 0.15) is 60.0 Å². The van der Waals surface area contributed by atoms with Crippen LogP contribution in [-0.4, -0.2) is 57.1 Å². The molecule has 1 aromatic heterocycles. The summed E-state index contributed by atoms with van der Waals surface area (Å²) in [5.41, 5.74) is 3.15. The van der Waals surface area contributed by atoms with Crippen molar-refractivity contribution in [3.63, 3.8) is 0 Å². The molecule has 1 N–H and O–H groups in total. The predicted octanol–water partition coefficient (Wildman–Crippen LogP) is 3.31. The van der Waals surface area contributed by atoms with Crippen LogP contribution in [0.15, 0.2) is 41.3 Å². The van der Waals surface area contributed by atoms with Gasteiger partial charge in [0.25, 0.3) is 11.5 Å². The van der Waals surface area contributed by atoms with Gasteiger partial charge in [-0.1, -0.05) is 6.07 Å². The number of likely N-dealkylation sites (tertiary alicyclic amines) is 2. The van der Waals surface area contributed by atoms with Gasteiger partial charge in [0.1, 0.15) is 11.3 Å². The fraction of sp³-hybridized carbons (Fsp3) is 0.600. The third-order valence-corrected chi connectivity index (χ3v) is 11.4. The first-order chi connectivity index (χ1) is 17.4. The van der Waals surface area contributed by atoms with Gasteiger partial charge < -0.3 is 14.6 Å². The highest BCUT2D eigenvalue weighted by atomic mass is 16.3. The molecule has 3 heterocycles. The third-order valence-electron chi connectivity index (χ3n) is 11.4. The lowest BCUT2D eigenvalue weighted by atomic mass is 9.43. The van der Waals surface area contributed by atoms with Crippen molar-refractivity contribution in [2.45, 2.75) is 62.4 Å². The van der Waals surface area contributed by atoms with Crippen LogP contribution in [0.2, 0.25) is 0 Å². The summed E-state index contributed by atoms with van der Waals surface area (Å²) in [6.07, 6.45) is 10.0. The Hall–Kier alpha value is -2.60. The van der Waals surface area contributed by atoms with Crippen molar-refractivity contribution in [1.82, 2.24) is 14.4 Å². The molecule has 2 aliphatic heterocycles. The third kappa shape index (κ3) is 2.52. The normalized spacial score (nSPS) is 38.1. The first-order valence-electron chi connectivity index (χ1n) is 14.0. The predicted molar refractivity (Wildman–Crippen MR) is 136 cm³/mol. The molecule has 2 aromatic rings. The quantitative estimate of drug-likeness (QED) is 0.725. The molecule has 6 nitrogen and oxygen atoms in total. The van der Waals surface area contributed by atoms with E-state index in [4.69, 9.17) is 0 Å². The second-order valence-electron chi connectivity index (χ2n) is 12.8. The van der Waals surface area contributed by atoms with E-state index in [-0.39, 0.29) is 28.3 Å². The average Bonchev–Trinajstić information content (AvgIpc) is 3.56. The van der Waals surface area contributed by atoms with Crippen molar-refractivity contribution in [2.24, 2.45) is 30.2 Å². The number of hydrogen-bond acceptors (Lipinski definition) is 4. The summed E-state index contributed by atoms with van der Waals surface area (Å²) in [5.74, 6) is 2.04. The number of fused-ring (bicyclic) bond motifs is 1. The zero-order valence-corrected chi connectivity index (χ0v) is 21.0. The van der Waals surface area contributed by atoms with Crippen molar-refractivity contribution < 1.29 is 9.90 Å². The van der Waals surface area contributed by atoms with Crippen LogP contribution in [0.25, 0.3) is 0 Å². The summed E-state index contributed by atoms with van der Waals surface area (Å²) in [5, 5.41) is 10.6. The van der Waals surface area contributed by atoms with Gasteiger partial charge in [-0.05, 0) is 110 Å². The van der Waals surface area contributed by atoms with Gasteiger partial charge in [0.15, 0.2) is 0 Å². The molecule has 1 aromatic carbocycles. The number of aromatic nitrogens is 1. The molecule has 6 heteroatoms. The van der Waals surface area contributed by atoms with Crippen LogP contribution >= 0.6 is 0 Å². The molecule has 8 rings (SSSR count). The van der Waals surface area contributed by atoms with Gasteiger partial charge >= 0.3 is 0 Å². The molecule has 4 unspecified atom stereocenters. The Morgan fingerprint density at radius 1 is 1.17 bits per heavy atom. The summed E-state index contributed by atoms with van der Waals surface area (Å²) >= 11 is 0. The number of benzene rings is 1. The number of aryl methyl sites for hydroxylation is 1. The lowest BCUT2D eigenvalue weighted by Gasteiger charge is -2.66. The van der Waals surface area contributed by atoms with Crippen molar-refractivity contribution in [2.75, 3.05) is 19.6 Å². The van der Waals surface area contributed by atoms with Crippen molar-refractivity contribution >= 4 is 5.91 Å². The van der Waals surface area contributed by atoms with E-state index in [0.29, 0.717) is 29.2 Å². The molecule has 4 aliphatic carbocycles. The number of phenolic OH excluding ortho intramolecular Hbond substituents is 1. The monoisotopic (exact) mass is 485 g/mol. The minimum atomic E-state index is -0.204. The van der Waals surface area contributed by atoms with Crippen LogP contribution in [0.5, 0.6) is 5.75 Å². The molecule has 1 amide bonds. The maximum absolute atomic E-state index is 13.8. The average molecular weight is 486 g/mol. The number of aromatic hydroxyl groups is 1. The number of pyridine rings is 1. The molecule has 0 spiro atoms. The fourth-order valence-corrected chi connectivity index (χ4v) is 10.1. The Kier molecular flexibility index (Phi) is 4.20. The second kappa shape index (κ2) is 7.03. The number of hydrogen-bond donors (Lipinski definition) is 1. The van der Waals surface area contributed by atoms with Gasteiger partial charge in [-0.3, -0.25) is 14.5 Å². The SMILES string of the molecule is Cn1cccc(C(=O)N2C[C@H]3CC45CCC2C3C42CCN(CC3CC3)[C@@H]5Cc3ccc(O)cc32)c1=O. The van der Waals surface area contributed by atoms with E-state index < -0.39 is 0 Å². The highest BCUT2D eigenvalue weighted by Gasteiger charge is 2.76. The molecular weight excluding hydrogens is 450 g/mol. The lowest BCUT2D eigenvalue weighted by molar-refractivity contribution is -0.102. The summed E-state index contributed by atoms with van der Waals surface area (Å²) in [7, 11) is 1.72. The summed E-state index contributed by atoms with van der Waals surface area (Å²) < 4.78 is 1.51. The Morgan fingerprint density at radius 3 is 2.86 bits per heavy atom. The molecule has 4 bridgehead atoms. The van der Waals surface area contributed by atoms with Crippen LogP contribution in [0, 0.1) is 23.2 Å². The van der Waals surface area contributed by atoms with Crippen LogP contribution in [0.3, 0.4) is 0 Å². The Balaban J connectivity index is 1.25. The zero-order valence-electron chi connectivity index (χ0n) is 21.0. The Labute approximate surface area is 211 Å². The van der Waals surface area contributed by atoms with E-state index in [1.807, 2.05) is 6.07 Å². The second-order valence-corrected chi connectivity index (χ2v) is 12.8. The van der Waals surface area contributed by atoms with Gasteiger partial charge in [0, 0.05) is 43.8 Å². The van der Waals surface area contributed by atoms with Crippen molar-refractivity contribution in [1.29, 1.82) is 0 Å². The molecule has 188 valence electrons. The molecule has 0 radical (unpaired) electrons. The van der Waals surface area contributed by atoms with E-state index in [2.05, 4.69) is 21.9 Å². The first kappa shape index (κ1) is 21.5. The number of carbonyl (C=O) groups excluding carboxylic acids is 1. The van der Waals surface area contributed by atoms with Gasteiger partial charge in [0.2, 0.25) is 0 Å². The molecular formula is C30H35N3O3. The van der Waals surface area contributed by atoms with Gasteiger partial charge in [0.05, 0.1) is 0 Å². The van der Waals surface area contributed by atoms with Gasteiger partial charge in [-0.2, -0.15) is 0 Å². The van der Waals surface area contributed by atoms with E-state index in [0.717, 1.165) is 44.7 Å². The Morgan fingerprint density at radius 2 is 2.03 bits per heavy atom. The summed E-state index contributed by atoms with van der Waals surface area (Å²) in [6.45, 7) is 3.14. The number of piperidine rings is 1. The minimum Gasteiger partial charge on any atom is -0.508 e. The lowest BCUT2D eigenvalue weighted by Crippen LogP contribution is -2.70.